The second kappa shape index (κ2) is 6.06. The second-order valence-electron chi connectivity index (χ2n) is 4.40. The van der Waals surface area contributed by atoms with Crippen molar-refractivity contribution in [3.8, 4) is 0 Å². The molecule has 0 spiro atoms. The molecule has 5 nitrogen and oxygen atoms in total. The maximum Gasteiger partial charge on any atom is 0.338 e. The smallest absolute Gasteiger partial charge is 0.338 e. The van der Waals surface area contributed by atoms with Crippen molar-refractivity contribution in [3.63, 3.8) is 0 Å². The number of nitrogens with zero attached hydrogens (tertiary/aromatic N) is 1. The largest absolute Gasteiger partial charge is 0.462 e. The lowest BCUT2D eigenvalue weighted by molar-refractivity contribution is 0.0526. The van der Waals surface area contributed by atoms with Crippen LogP contribution in [0.5, 0.6) is 0 Å². The SMILES string of the molecule is CCOC(=O)c1ccc(N)c(Nc2cncc(C)c2)c1. The van der Waals surface area contributed by atoms with Crippen molar-refractivity contribution in [1.29, 1.82) is 0 Å². The van der Waals surface area contributed by atoms with Crippen LogP contribution in [0.1, 0.15) is 22.8 Å². The van der Waals surface area contributed by atoms with Crippen LogP contribution < -0.4 is 11.1 Å². The predicted molar refractivity (Wildman–Crippen MR) is 79.1 cm³/mol. The summed E-state index contributed by atoms with van der Waals surface area (Å²) in [6.07, 6.45) is 3.47. The Morgan fingerprint density at radius 3 is 2.85 bits per heavy atom. The molecule has 1 heterocycles. The molecule has 0 aliphatic heterocycles. The summed E-state index contributed by atoms with van der Waals surface area (Å²) >= 11 is 0. The number of nitrogens with two attached hydrogens (primary N) is 1. The van der Waals surface area contributed by atoms with Gasteiger partial charge in [0.05, 0.1) is 35.4 Å². The van der Waals surface area contributed by atoms with E-state index >= 15 is 0 Å². The van der Waals surface area contributed by atoms with E-state index in [1.165, 1.54) is 0 Å². The van der Waals surface area contributed by atoms with Crippen LogP contribution in [-0.4, -0.2) is 17.6 Å². The Hall–Kier alpha value is -2.56. The number of esters is 1. The number of anilines is 3. The molecule has 2 rings (SSSR count). The molecule has 0 saturated heterocycles. The van der Waals surface area contributed by atoms with Crippen molar-refractivity contribution in [1.82, 2.24) is 4.98 Å². The Kier molecular flexibility index (Phi) is 4.20. The maximum atomic E-state index is 11.7. The van der Waals surface area contributed by atoms with Crippen LogP contribution in [0.3, 0.4) is 0 Å². The first kappa shape index (κ1) is 13.9. The lowest BCUT2D eigenvalue weighted by Crippen LogP contribution is -2.06. The number of nitrogens with one attached hydrogen (secondary N) is 1. The van der Waals surface area contributed by atoms with Crippen molar-refractivity contribution in [2.75, 3.05) is 17.7 Å². The summed E-state index contributed by atoms with van der Waals surface area (Å²) < 4.78 is 4.97. The van der Waals surface area contributed by atoms with E-state index in [0.717, 1.165) is 11.3 Å². The predicted octanol–water partition coefficient (Wildman–Crippen LogP) is 2.89. The fourth-order valence-corrected chi connectivity index (χ4v) is 1.78. The molecule has 0 saturated carbocycles. The first-order valence-corrected chi connectivity index (χ1v) is 6.35. The van der Waals surface area contributed by atoms with E-state index in [0.29, 0.717) is 23.5 Å². The molecule has 0 aliphatic carbocycles. The number of hydrogen-bond donors (Lipinski definition) is 2. The van der Waals surface area contributed by atoms with Gasteiger partial charge in [-0.05, 0) is 43.7 Å². The number of carbonyl (C=O) groups excluding carboxylic acids is 1. The first-order chi connectivity index (χ1) is 9.60. The fourth-order valence-electron chi connectivity index (χ4n) is 1.78. The van der Waals surface area contributed by atoms with E-state index in [1.807, 2.05) is 13.0 Å². The minimum absolute atomic E-state index is 0.341. The first-order valence-electron chi connectivity index (χ1n) is 6.35. The topological polar surface area (TPSA) is 77.2 Å². The Balaban J connectivity index is 2.27. The summed E-state index contributed by atoms with van der Waals surface area (Å²) in [6, 6.07) is 6.95. The zero-order chi connectivity index (χ0) is 14.5. The summed E-state index contributed by atoms with van der Waals surface area (Å²) in [5.74, 6) is -0.363. The number of nitrogen functional groups attached to an aromatic ring is 1. The second-order valence-corrected chi connectivity index (χ2v) is 4.40. The average molecular weight is 271 g/mol. The molecule has 3 N–H and O–H groups in total. The molecular weight excluding hydrogens is 254 g/mol. The van der Waals surface area contributed by atoms with E-state index in [2.05, 4.69) is 10.3 Å². The minimum atomic E-state index is -0.363. The Labute approximate surface area is 117 Å². The van der Waals surface area contributed by atoms with Gasteiger partial charge < -0.3 is 15.8 Å². The summed E-state index contributed by atoms with van der Waals surface area (Å²) in [4.78, 5) is 15.8. The van der Waals surface area contributed by atoms with Gasteiger partial charge in [0.15, 0.2) is 0 Å². The molecular formula is C15H17N3O2. The molecule has 1 aromatic carbocycles. The van der Waals surface area contributed by atoms with Crippen molar-refractivity contribution in [3.05, 3.63) is 47.8 Å². The van der Waals surface area contributed by atoms with Gasteiger partial charge >= 0.3 is 5.97 Å². The van der Waals surface area contributed by atoms with Gasteiger partial charge in [0.25, 0.3) is 0 Å². The molecule has 2 aromatic rings. The summed E-state index contributed by atoms with van der Waals surface area (Å²) in [5.41, 5.74) is 9.44. The number of aryl methyl sites for hydroxylation is 1. The molecule has 0 fully saturated rings. The highest BCUT2D eigenvalue weighted by molar-refractivity contribution is 5.92. The molecule has 0 radical (unpaired) electrons. The van der Waals surface area contributed by atoms with Crippen LogP contribution in [0.2, 0.25) is 0 Å². The number of rotatable bonds is 4. The third-order valence-corrected chi connectivity index (χ3v) is 2.72. The zero-order valence-corrected chi connectivity index (χ0v) is 11.5. The van der Waals surface area contributed by atoms with E-state index in [1.54, 1.807) is 37.5 Å². The molecule has 0 amide bonds. The van der Waals surface area contributed by atoms with Gasteiger partial charge in [-0.3, -0.25) is 4.98 Å². The van der Waals surface area contributed by atoms with Crippen LogP contribution in [0.4, 0.5) is 17.1 Å². The Bertz CT molecular complexity index is 626. The number of pyridine rings is 1. The third-order valence-electron chi connectivity index (χ3n) is 2.72. The lowest BCUT2D eigenvalue weighted by Gasteiger charge is -2.11. The van der Waals surface area contributed by atoms with Gasteiger partial charge in [-0.15, -0.1) is 0 Å². The highest BCUT2D eigenvalue weighted by atomic mass is 16.5. The van der Waals surface area contributed by atoms with Crippen LogP contribution in [-0.2, 0) is 4.74 Å². The van der Waals surface area contributed by atoms with Crippen molar-refractivity contribution >= 4 is 23.0 Å². The van der Waals surface area contributed by atoms with Crippen molar-refractivity contribution < 1.29 is 9.53 Å². The molecule has 0 bridgehead atoms. The number of hydrogen-bond acceptors (Lipinski definition) is 5. The molecule has 5 heteroatoms. The average Bonchev–Trinajstić information content (AvgIpc) is 2.41. The normalized spacial score (nSPS) is 10.1. The summed E-state index contributed by atoms with van der Waals surface area (Å²) in [7, 11) is 0. The summed E-state index contributed by atoms with van der Waals surface area (Å²) in [5, 5.41) is 3.16. The van der Waals surface area contributed by atoms with Crippen LogP contribution in [0.25, 0.3) is 0 Å². The quantitative estimate of drug-likeness (QED) is 0.660. The monoisotopic (exact) mass is 271 g/mol. The third kappa shape index (κ3) is 3.26. The van der Waals surface area contributed by atoms with Crippen molar-refractivity contribution in [2.24, 2.45) is 0 Å². The van der Waals surface area contributed by atoms with Gasteiger partial charge in [0, 0.05) is 6.20 Å². The molecule has 0 atom stereocenters. The molecule has 0 unspecified atom stereocenters. The van der Waals surface area contributed by atoms with E-state index in [-0.39, 0.29) is 5.97 Å². The highest BCUT2D eigenvalue weighted by Crippen LogP contribution is 2.24. The van der Waals surface area contributed by atoms with Crippen LogP contribution in [0.15, 0.2) is 36.7 Å². The zero-order valence-electron chi connectivity index (χ0n) is 11.5. The Morgan fingerprint density at radius 1 is 1.35 bits per heavy atom. The van der Waals surface area contributed by atoms with Crippen LogP contribution >= 0.6 is 0 Å². The molecule has 0 aliphatic rings. The van der Waals surface area contributed by atoms with Gasteiger partial charge in [-0.1, -0.05) is 0 Å². The van der Waals surface area contributed by atoms with Gasteiger partial charge in [-0.2, -0.15) is 0 Å². The standard InChI is InChI=1S/C15H17N3O2/c1-3-20-15(19)11-4-5-13(16)14(7-11)18-12-6-10(2)8-17-9-12/h4-9,18H,3,16H2,1-2H3. The van der Waals surface area contributed by atoms with E-state index < -0.39 is 0 Å². The molecule has 104 valence electrons. The molecule has 1 aromatic heterocycles. The fraction of sp³-hybridized carbons (Fsp3) is 0.200. The van der Waals surface area contributed by atoms with Gasteiger partial charge in [0.1, 0.15) is 0 Å². The Morgan fingerprint density at radius 2 is 2.15 bits per heavy atom. The number of aromatic nitrogens is 1. The number of ether oxygens (including phenoxy) is 1. The molecule has 20 heavy (non-hydrogen) atoms. The van der Waals surface area contributed by atoms with Crippen LogP contribution in [0, 0.1) is 6.92 Å². The lowest BCUT2D eigenvalue weighted by atomic mass is 10.1. The minimum Gasteiger partial charge on any atom is -0.462 e. The number of benzene rings is 1. The van der Waals surface area contributed by atoms with Gasteiger partial charge in [-0.25, -0.2) is 4.79 Å². The highest BCUT2D eigenvalue weighted by Gasteiger charge is 2.09. The summed E-state index contributed by atoms with van der Waals surface area (Å²) in [6.45, 7) is 4.07. The number of carbonyl (C=O) groups is 1. The van der Waals surface area contributed by atoms with E-state index in [9.17, 15) is 4.79 Å². The van der Waals surface area contributed by atoms with Gasteiger partial charge in [0.2, 0.25) is 0 Å². The van der Waals surface area contributed by atoms with Crippen molar-refractivity contribution in [2.45, 2.75) is 13.8 Å². The maximum absolute atomic E-state index is 11.7. The van der Waals surface area contributed by atoms with E-state index in [4.69, 9.17) is 10.5 Å².